The average molecular weight is 380 g/mol. The second-order valence-corrected chi connectivity index (χ2v) is 10.0. The summed E-state index contributed by atoms with van der Waals surface area (Å²) in [5.41, 5.74) is 2.34. The molecule has 0 unspecified atom stereocenters. The lowest BCUT2D eigenvalue weighted by molar-refractivity contribution is 0.0607. The molecule has 0 aliphatic carbocycles. The molecule has 7 heteroatoms. The highest BCUT2D eigenvalue weighted by Gasteiger charge is 2.38. The molecule has 1 N–H and O–H groups in total. The van der Waals surface area contributed by atoms with Crippen molar-refractivity contribution in [2.24, 2.45) is 5.41 Å². The Morgan fingerprint density at radius 1 is 1.15 bits per heavy atom. The molecule has 2 heterocycles. The minimum atomic E-state index is -3.58. The van der Waals surface area contributed by atoms with Crippen LogP contribution in [0.5, 0.6) is 0 Å². The molecular weight excluding hydrogens is 350 g/mol. The number of benzene rings is 1. The molecule has 2 aliphatic heterocycles. The number of piperidine rings is 1. The minimum Gasteiger partial charge on any atom is -0.339 e. The van der Waals surface area contributed by atoms with Gasteiger partial charge in [-0.05, 0) is 68.3 Å². The van der Waals surface area contributed by atoms with Crippen molar-refractivity contribution in [2.45, 2.75) is 38.0 Å². The summed E-state index contributed by atoms with van der Waals surface area (Å²) < 4.78 is 26.4. The van der Waals surface area contributed by atoms with E-state index in [1.165, 1.54) is 24.8 Å². The van der Waals surface area contributed by atoms with Crippen LogP contribution in [-0.2, 0) is 10.0 Å². The standard InChI is InChI=1S/C19H29N3O3S/c1-14-11-16(12-17(15(14)2)26(24,25)21(3)4)18(23)22-9-6-19(7-10-22)5-8-20-13-19/h11-12,20H,5-10,13H2,1-4H3. The number of rotatable bonds is 3. The molecule has 0 atom stereocenters. The van der Waals surface area contributed by atoms with Crippen LogP contribution in [0.25, 0.3) is 0 Å². The number of nitrogens with zero attached hydrogens (tertiary/aromatic N) is 2. The fraction of sp³-hybridized carbons (Fsp3) is 0.632. The van der Waals surface area contributed by atoms with E-state index in [4.69, 9.17) is 0 Å². The normalized spacial score (nSPS) is 20.1. The average Bonchev–Trinajstić information content (AvgIpc) is 3.05. The summed E-state index contributed by atoms with van der Waals surface area (Å²) in [5.74, 6) is -0.0656. The highest BCUT2D eigenvalue weighted by atomic mass is 32.2. The third kappa shape index (κ3) is 3.40. The van der Waals surface area contributed by atoms with E-state index < -0.39 is 10.0 Å². The van der Waals surface area contributed by atoms with Crippen LogP contribution in [0.4, 0.5) is 0 Å². The second kappa shape index (κ2) is 6.94. The Balaban J connectivity index is 1.85. The van der Waals surface area contributed by atoms with Crippen molar-refractivity contribution in [1.29, 1.82) is 0 Å². The molecule has 2 saturated heterocycles. The maximum atomic E-state index is 13.0. The van der Waals surface area contributed by atoms with E-state index in [2.05, 4.69) is 5.32 Å². The molecule has 0 aromatic heterocycles. The van der Waals surface area contributed by atoms with Crippen molar-refractivity contribution < 1.29 is 13.2 Å². The first-order valence-electron chi connectivity index (χ1n) is 9.20. The first-order chi connectivity index (χ1) is 12.2. The van der Waals surface area contributed by atoms with E-state index in [0.717, 1.165) is 44.6 Å². The lowest BCUT2D eigenvalue weighted by Gasteiger charge is -2.39. The number of nitrogens with one attached hydrogen (secondary N) is 1. The molecule has 1 amide bonds. The Morgan fingerprint density at radius 3 is 2.35 bits per heavy atom. The van der Waals surface area contributed by atoms with Gasteiger partial charge in [-0.15, -0.1) is 0 Å². The van der Waals surface area contributed by atoms with Gasteiger partial charge in [0.1, 0.15) is 0 Å². The van der Waals surface area contributed by atoms with Gasteiger partial charge in [0.25, 0.3) is 5.91 Å². The van der Waals surface area contributed by atoms with Gasteiger partial charge < -0.3 is 10.2 Å². The van der Waals surface area contributed by atoms with Crippen molar-refractivity contribution in [3.05, 3.63) is 28.8 Å². The molecule has 26 heavy (non-hydrogen) atoms. The zero-order valence-corrected chi connectivity index (χ0v) is 16.9. The molecule has 1 aromatic carbocycles. The highest BCUT2D eigenvalue weighted by molar-refractivity contribution is 7.89. The van der Waals surface area contributed by atoms with Crippen LogP contribution in [0.15, 0.2) is 17.0 Å². The van der Waals surface area contributed by atoms with Crippen LogP contribution in [0, 0.1) is 19.3 Å². The summed E-state index contributed by atoms with van der Waals surface area (Å²) in [7, 11) is -0.556. The van der Waals surface area contributed by atoms with Gasteiger partial charge in [-0.3, -0.25) is 4.79 Å². The number of hydrogen-bond donors (Lipinski definition) is 1. The Hall–Kier alpha value is -1.44. The largest absolute Gasteiger partial charge is 0.339 e. The molecule has 3 rings (SSSR count). The van der Waals surface area contributed by atoms with Gasteiger partial charge in [0, 0.05) is 39.3 Å². The first kappa shape index (κ1) is 19.3. The van der Waals surface area contributed by atoms with Gasteiger partial charge in [-0.1, -0.05) is 0 Å². The maximum Gasteiger partial charge on any atom is 0.253 e. The number of aryl methyl sites for hydroxylation is 1. The predicted molar refractivity (Wildman–Crippen MR) is 102 cm³/mol. The van der Waals surface area contributed by atoms with Gasteiger partial charge in [0.05, 0.1) is 4.90 Å². The predicted octanol–water partition coefficient (Wildman–Crippen LogP) is 1.77. The Labute approximate surface area is 156 Å². The molecule has 144 valence electrons. The molecule has 0 radical (unpaired) electrons. The fourth-order valence-corrected chi connectivity index (χ4v) is 5.22. The van der Waals surface area contributed by atoms with Gasteiger partial charge in [0.2, 0.25) is 10.0 Å². The van der Waals surface area contributed by atoms with Crippen LogP contribution < -0.4 is 5.32 Å². The van der Waals surface area contributed by atoms with Crippen molar-refractivity contribution >= 4 is 15.9 Å². The van der Waals surface area contributed by atoms with Crippen LogP contribution >= 0.6 is 0 Å². The van der Waals surface area contributed by atoms with Gasteiger partial charge in [-0.25, -0.2) is 12.7 Å². The van der Waals surface area contributed by atoms with E-state index in [0.29, 0.717) is 16.5 Å². The van der Waals surface area contributed by atoms with E-state index in [1.54, 1.807) is 13.0 Å². The highest BCUT2D eigenvalue weighted by Crippen LogP contribution is 2.37. The number of carbonyl (C=O) groups is 1. The topological polar surface area (TPSA) is 69.7 Å². The van der Waals surface area contributed by atoms with E-state index in [-0.39, 0.29) is 10.8 Å². The van der Waals surface area contributed by atoms with Crippen molar-refractivity contribution in [2.75, 3.05) is 40.3 Å². The number of amides is 1. The number of sulfonamides is 1. The Bertz CT molecular complexity index is 802. The monoisotopic (exact) mass is 379 g/mol. The lowest BCUT2D eigenvalue weighted by Crippen LogP contribution is -2.44. The first-order valence-corrected chi connectivity index (χ1v) is 10.6. The Kier molecular flexibility index (Phi) is 5.16. The van der Waals surface area contributed by atoms with E-state index in [9.17, 15) is 13.2 Å². The molecule has 1 spiro atoms. The summed E-state index contributed by atoms with van der Waals surface area (Å²) in [6.07, 6.45) is 3.21. The molecule has 0 bridgehead atoms. The third-order valence-electron chi connectivity index (χ3n) is 6.07. The summed E-state index contributed by atoms with van der Waals surface area (Å²) in [6.45, 7) is 7.24. The van der Waals surface area contributed by atoms with Crippen molar-refractivity contribution in [1.82, 2.24) is 14.5 Å². The Morgan fingerprint density at radius 2 is 1.81 bits per heavy atom. The quantitative estimate of drug-likeness (QED) is 0.869. The minimum absolute atomic E-state index is 0.0656. The number of hydrogen-bond acceptors (Lipinski definition) is 4. The molecular formula is C19H29N3O3S. The smallest absolute Gasteiger partial charge is 0.253 e. The molecule has 6 nitrogen and oxygen atoms in total. The number of carbonyl (C=O) groups excluding carboxylic acids is 1. The third-order valence-corrected chi connectivity index (χ3v) is 8.01. The van der Waals surface area contributed by atoms with Crippen molar-refractivity contribution in [3.63, 3.8) is 0 Å². The fourth-order valence-electron chi connectivity index (χ4n) is 4.00. The van der Waals surface area contributed by atoms with E-state index in [1.807, 2.05) is 17.9 Å². The molecule has 2 fully saturated rings. The zero-order chi connectivity index (χ0) is 19.1. The summed E-state index contributed by atoms with van der Waals surface area (Å²) in [5, 5.41) is 3.43. The summed E-state index contributed by atoms with van der Waals surface area (Å²) in [4.78, 5) is 15.1. The summed E-state index contributed by atoms with van der Waals surface area (Å²) >= 11 is 0. The van der Waals surface area contributed by atoms with Gasteiger partial charge >= 0.3 is 0 Å². The van der Waals surface area contributed by atoms with Gasteiger partial charge in [-0.2, -0.15) is 0 Å². The maximum absolute atomic E-state index is 13.0. The molecule has 2 aliphatic rings. The second-order valence-electron chi connectivity index (χ2n) is 7.92. The SMILES string of the molecule is Cc1cc(C(=O)N2CCC3(CCNC3)CC2)cc(S(=O)(=O)N(C)C)c1C. The van der Waals surface area contributed by atoms with Crippen LogP contribution in [0.3, 0.4) is 0 Å². The summed E-state index contributed by atoms with van der Waals surface area (Å²) in [6, 6.07) is 3.36. The zero-order valence-electron chi connectivity index (χ0n) is 16.1. The van der Waals surface area contributed by atoms with Gasteiger partial charge in [0.15, 0.2) is 0 Å². The molecule has 0 saturated carbocycles. The lowest BCUT2D eigenvalue weighted by atomic mass is 9.78. The van der Waals surface area contributed by atoms with E-state index >= 15 is 0 Å². The van der Waals surface area contributed by atoms with Crippen LogP contribution in [0.2, 0.25) is 0 Å². The van der Waals surface area contributed by atoms with Crippen molar-refractivity contribution in [3.8, 4) is 0 Å². The molecule has 1 aromatic rings. The number of likely N-dealkylation sites (tertiary alicyclic amines) is 1. The van der Waals surface area contributed by atoms with Crippen LogP contribution in [-0.4, -0.2) is 63.8 Å². The van der Waals surface area contributed by atoms with Crippen LogP contribution in [0.1, 0.15) is 40.7 Å².